The highest BCUT2D eigenvalue weighted by atomic mass is 19.1. The molecule has 0 bridgehead atoms. The third kappa shape index (κ3) is 2.66. The second-order valence-corrected chi connectivity index (χ2v) is 8.26. The Labute approximate surface area is 176 Å². The second kappa shape index (κ2) is 6.66. The van der Waals surface area contributed by atoms with Crippen molar-refractivity contribution in [1.29, 1.82) is 0 Å². The van der Waals surface area contributed by atoms with Crippen LogP contribution in [0.4, 0.5) is 14.5 Å². The Balaban J connectivity index is 1.61. The number of nitrogens with one attached hydrogen (secondary N) is 2. The third-order valence-electron chi connectivity index (χ3n) is 6.48. The van der Waals surface area contributed by atoms with Crippen LogP contribution in [0.2, 0.25) is 0 Å². The molecular weight excluding hydrogens is 408 g/mol. The van der Waals surface area contributed by atoms with Gasteiger partial charge in [0.2, 0.25) is 17.7 Å². The standard InChI is InChI=1S/C22H19F2N3O4/c1-10(28)18-16-17(20(30)27(19(16)29)9-11-2-4-12(23)5-3-11)22(26-18)14-8-13(24)6-7-15(14)25-21(22)31/h2-8,10,16-18,26,28H,9H2,1H3,(H,25,31)/t10-,16-,17-,18-,22+/m0/s1. The van der Waals surface area contributed by atoms with Crippen LogP contribution in [-0.4, -0.2) is 39.9 Å². The molecule has 1 spiro atoms. The Hall–Kier alpha value is -3.17. The van der Waals surface area contributed by atoms with E-state index in [-0.39, 0.29) is 12.1 Å². The van der Waals surface area contributed by atoms with Gasteiger partial charge in [0, 0.05) is 17.3 Å². The van der Waals surface area contributed by atoms with Gasteiger partial charge in [-0.2, -0.15) is 0 Å². The molecular formula is C22H19F2N3O4. The molecule has 3 aliphatic heterocycles. The van der Waals surface area contributed by atoms with Crippen molar-refractivity contribution < 1.29 is 28.3 Å². The van der Waals surface area contributed by atoms with Crippen LogP contribution in [0, 0.1) is 23.5 Å². The third-order valence-corrected chi connectivity index (χ3v) is 6.48. The van der Waals surface area contributed by atoms with Gasteiger partial charge in [-0.3, -0.25) is 24.6 Å². The van der Waals surface area contributed by atoms with E-state index in [0.717, 1.165) is 4.90 Å². The summed E-state index contributed by atoms with van der Waals surface area (Å²) in [6.07, 6.45) is -1.06. The van der Waals surface area contributed by atoms with Crippen molar-refractivity contribution in [3.63, 3.8) is 0 Å². The number of imide groups is 1. The summed E-state index contributed by atoms with van der Waals surface area (Å²) in [5.41, 5.74) is -0.545. The summed E-state index contributed by atoms with van der Waals surface area (Å²) >= 11 is 0. The fraction of sp³-hybridized carbons (Fsp3) is 0.318. The van der Waals surface area contributed by atoms with Crippen molar-refractivity contribution in [1.82, 2.24) is 10.2 Å². The lowest BCUT2D eigenvalue weighted by Gasteiger charge is -2.30. The summed E-state index contributed by atoms with van der Waals surface area (Å²) in [6.45, 7) is 1.37. The van der Waals surface area contributed by atoms with E-state index in [9.17, 15) is 28.3 Å². The molecule has 0 aliphatic carbocycles. The number of rotatable bonds is 3. The minimum Gasteiger partial charge on any atom is -0.392 e. The molecule has 3 amide bonds. The predicted molar refractivity (Wildman–Crippen MR) is 104 cm³/mol. The molecule has 160 valence electrons. The zero-order valence-electron chi connectivity index (χ0n) is 16.4. The molecule has 0 unspecified atom stereocenters. The van der Waals surface area contributed by atoms with Gasteiger partial charge in [-0.1, -0.05) is 12.1 Å². The number of aliphatic hydroxyl groups is 1. The molecule has 3 aliphatic rings. The molecule has 2 saturated heterocycles. The van der Waals surface area contributed by atoms with Crippen molar-refractivity contribution in [2.24, 2.45) is 11.8 Å². The number of carbonyl (C=O) groups is 3. The fourth-order valence-corrected chi connectivity index (χ4v) is 5.11. The molecule has 7 nitrogen and oxygen atoms in total. The average Bonchev–Trinajstić information content (AvgIpc) is 3.31. The number of aliphatic hydroxyl groups excluding tert-OH is 1. The normalized spacial score (nSPS) is 30.0. The molecule has 5 atom stereocenters. The van der Waals surface area contributed by atoms with Gasteiger partial charge in [0.15, 0.2) is 0 Å². The Morgan fingerprint density at radius 3 is 2.42 bits per heavy atom. The Morgan fingerprint density at radius 2 is 1.74 bits per heavy atom. The molecule has 3 heterocycles. The first-order valence-corrected chi connectivity index (χ1v) is 9.91. The summed E-state index contributed by atoms with van der Waals surface area (Å²) in [6, 6.07) is 8.27. The van der Waals surface area contributed by atoms with Gasteiger partial charge in [-0.05, 0) is 42.8 Å². The van der Waals surface area contributed by atoms with Crippen LogP contribution >= 0.6 is 0 Å². The lowest BCUT2D eigenvalue weighted by molar-refractivity contribution is -0.143. The number of fused-ring (bicyclic) bond motifs is 4. The fourth-order valence-electron chi connectivity index (χ4n) is 5.11. The topological polar surface area (TPSA) is 98.7 Å². The Morgan fingerprint density at radius 1 is 1.06 bits per heavy atom. The van der Waals surface area contributed by atoms with E-state index in [0.29, 0.717) is 11.3 Å². The van der Waals surface area contributed by atoms with Crippen LogP contribution in [0.15, 0.2) is 42.5 Å². The van der Waals surface area contributed by atoms with Crippen molar-refractivity contribution >= 4 is 23.4 Å². The first-order valence-electron chi connectivity index (χ1n) is 9.91. The summed E-state index contributed by atoms with van der Waals surface area (Å²) in [4.78, 5) is 40.9. The van der Waals surface area contributed by atoms with E-state index in [4.69, 9.17) is 0 Å². The second-order valence-electron chi connectivity index (χ2n) is 8.26. The van der Waals surface area contributed by atoms with Gasteiger partial charge in [-0.25, -0.2) is 8.78 Å². The largest absolute Gasteiger partial charge is 0.392 e. The highest BCUT2D eigenvalue weighted by Gasteiger charge is 2.71. The zero-order chi connectivity index (χ0) is 22.1. The highest BCUT2D eigenvalue weighted by molar-refractivity contribution is 6.15. The van der Waals surface area contributed by atoms with Crippen molar-refractivity contribution in [2.45, 2.75) is 31.2 Å². The number of halogens is 2. The van der Waals surface area contributed by atoms with Crippen LogP contribution in [0.1, 0.15) is 18.1 Å². The van der Waals surface area contributed by atoms with Crippen LogP contribution in [0.3, 0.4) is 0 Å². The maximum absolute atomic E-state index is 14.1. The van der Waals surface area contributed by atoms with E-state index >= 15 is 0 Å². The van der Waals surface area contributed by atoms with Gasteiger partial charge in [0.05, 0.1) is 24.5 Å². The quantitative estimate of drug-likeness (QED) is 0.641. The van der Waals surface area contributed by atoms with E-state index < -0.39 is 58.9 Å². The number of benzene rings is 2. The van der Waals surface area contributed by atoms with Crippen LogP contribution in [0.25, 0.3) is 0 Å². The van der Waals surface area contributed by atoms with Crippen LogP contribution < -0.4 is 10.6 Å². The van der Waals surface area contributed by atoms with Crippen molar-refractivity contribution in [2.75, 3.05) is 5.32 Å². The summed E-state index contributed by atoms with van der Waals surface area (Å²) < 4.78 is 27.3. The first-order chi connectivity index (χ1) is 14.7. The Bertz CT molecular complexity index is 1120. The number of hydrogen-bond acceptors (Lipinski definition) is 5. The lowest BCUT2D eigenvalue weighted by Crippen LogP contribution is -2.54. The van der Waals surface area contributed by atoms with E-state index in [1.54, 1.807) is 0 Å². The number of nitrogens with zero attached hydrogens (tertiary/aromatic N) is 1. The van der Waals surface area contributed by atoms with Crippen molar-refractivity contribution in [3.05, 3.63) is 65.2 Å². The predicted octanol–water partition coefficient (Wildman–Crippen LogP) is 1.27. The maximum Gasteiger partial charge on any atom is 0.250 e. The number of carbonyl (C=O) groups excluding carboxylic acids is 3. The van der Waals surface area contributed by atoms with E-state index in [2.05, 4.69) is 10.6 Å². The molecule has 9 heteroatoms. The number of likely N-dealkylation sites (tertiary alicyclic amines) is 1. The van der Waals surface area contributed by atoms with Gasteiger partial charge < -0.3 is 10.4 Å². The zero-order valence-corrected chi connectivity index (χ0v) is 16.4. The summed E-state index contributed by atoms with van der Waals surface area (Å²) in [5.74, 6) is -4.90. The van der Waals surface area contributed by atoms with E-state index in [1.807, 2.05) is 0 Å². The molecule has 2 aromatic carbocycles. The van der Waals surface area contributed by atoms with Crippen LogP contribution in [-0.2, 0) is 26.5 Å². The maximum atomic E-state index is 14.1. The van der Waals surface area contributed by atoms with Gasteiger partial charge >= 0.3 is 0 Å². The number of hydrogen-bond donors (Lipinski definition) is 3. The SMILES string of the molecule is C[C@H](O)[C@@H]1N[C@@]2(C(=O)Nc3ccc(F)cc32)[C@@H]2C(=O)N(Cc3ccc(F)cc3)C(=O)[C@H]12. The van der Waals surface area contributed by atoms with Gasteiger partial charge in [0.25, 0.3) is 0 Å². The first kappa shape index (κ1) is 19.8. The highest BCUT2D eigenvalue weighted by Crippen LogP contribution is 2.53. The molecule has 0 aromatic heterocycles. The molecule has 0 saturated carbocycles. The molecule has 2 aromatic rings. The molecule has 31 heavy (non-hydrogen) atoms. The number of amides is 3. The average molecular weight is 427 g/mol. The van der Waals surface area contributed by atoms with Crippen LogP contribution in [0.5, 0.6) is 0 Å². The smallest absolute Gasteiger partial charge is 0.250 e. The lowest BCUT2D eigenvalue weighted by atomic mass is 9.76. The monoisotopic (exact) mass is 427 g/mol. The van der Waals surface area contributed by atoms with Crippen molar-refractivity contribution in [3.8, 4) is 0 Å². The summed E-state index contributed by atoms with van der Waals surface area (Å²) in [7, 11) is 0. The minimum atomic E-state index is -1.67. The molecule has 5 rings (SSSR count). The molecule has 0 radical (unpaired) electrons. The molecule has 2 fully saturated rings. The summed E-state index contributed by atoms with van der Waals surface area (Å²) in [5, 5.41) is 16.0. The van der Waals surface area contributed by atoms with E-state index in [1.165, 1.54) is 49.4 Å². The van der Waals surface area contributed by atoms with Gasteiger partial charge in [0.1, 0.15) is 17.2 Å². The Kier molecular flexibility index (Phi) is 4.25. The molecule has 3 N–H and O–H groups in total. The number of anilines is 1. The minimum absolute atomic E-state index is 0.0921. The van der Waals surface area contributed by atoms with Gasteiger partial charge in [-0.15, -0.1) is 0 Å².